The Kier molecular flexibility index (Phi) is 8.91. The molecule has 1 atom stereocenters. The van der Waals surface area contributed by atoms with Crippen molar-refractivity contribution in [1.82, 2.24) is 25.1 Å². The van der Waals surface area contributed by atoms with Gasteiger partial charge in [0.2, 0.25) is 5.95 Å². The maximum absolute atomic E-state index is 13.3. The molecule has 1 unspecified atom stereocenters. The van der Waals surface area contributed by atoms with Crippen LogP contribution in [0.3, 0.4) is 0 Å². The first-order valence-corrected chi connectivity index (χ1v) is 13.3. The molecule has 2 aromatic heterocycles. The highest BCUT2D eigenvalue weighted by atomic mass is 16.5. The van der Waals surface area contributed by atoms with Gasteiger partial charge in [-0.25, -0.2) is 19.2 Å². The highest BCUT2D eigenvalue weighted by Crippen LogP contribution is 2.32. The number of para-hydroxylation sites is 1. The number of aromatic nitrogens is 4. The molecule has 1 amide bonds. The van der Waals surface area contributed by atoms with Gasteiger partial charge in [0.25, 0.3) is 0 Å². The molecule has 9 nitrogen and oxygen atoms in total. The average molecular weight is 519 g/mol. The first-order chi connectivity index (χ1) is 18.2. The van der Waals surface area contributed by atoms with Crippen LogP contribution in [0.4, 0.5) is 5.95 Å². The number of carbonyl (C=O) groups excluding carboxylic acids is 1. The summed E-state index contributed by atoms with van der Waals surface area (Å²) in [5, 5.41) is 10.9. The molecule has 1 saturated heterocycles. The summed E-state index contributed by atoms with van der Waals surface area (Å²) in [6, 6.07) is 11.8. The second-order valence-corrected chi connectivity index (χ2v) is 10.4. The Morgan fingerprint density at radius 2 is 1.95 bits per heavy atom. The minimum absolute atomic E-state index is 0.111. The van der Waals surface area contributed by atoms with Gasteiger partial charge in [-0.15, -0.1) is 0 Å². The minimum atomic E-state index is 0.111. The van der Waals surface area contributed by atoms with Crippen LogP contribution in [0.25, 0.3) is 6.08 Å². The highest BCUT2D eigenvalue weighted by Gasteiger charge is 2.42. The Morgan fingerprint density at radius 3 is 2.61 bits per heavy atom. The van der Waals surface area contributed by atoms with E-state index in [9.17, 15) is 4.79 Å². The van der Waals surface area contributed by atoms with Crippen molar-refractivity contribution in [3.05, 3.63) is 71.4 Å². The van der Waals surface area contributed by atoms with Crippen LogP contribution in [-0.2, 0) is 24.9 Å². The van der Waals surface area contributed by atoms with Crippen molar-refractivity contribution in [1.29, 1.82) is 0 Å². The maximum atomic E-state index is 13.3. The third-order valence-electron chi connectivity index (χ3n) is 7.00. The Labute approximate surface area is 225 Å². The molecule has 202 valence electrons. The number of anilines is 1. The van der Waals surface area contributed by atoms with Crippen molar-refractivity contribution in [2.75, 3.05) is 25.5 Å². The standard InChI is InChI=1S/C20H28N7O.C9H12O/c1-14-10-16-11-22-20(23-12-17-6-9-26(2)25-17)24-18(16)13-27(14,3)19(28)15-4-7-21-8-5-15;1-8(2)10-9-6-4-3-5-7-9/h6,9-11,15,21H,4-5,7-8,12-13H2,1-3H3,(H,22,23,24);3-8H,1-2H3/q+1;. The van der Waals surface area contributed by atoms with E-state index in [1.165, 1.54) is 0 Å². The van der Waals surface area contributed by atoms with Crippen LogP contribution in [-0.4, -0.2) is 56.4 Å². The summed E-state index contributed by atoms with van der Waals surface area (Å²) in [6.07, 6.45) is 7.89. The topological polar surface area (TPSA) is 94.0 Å². The lowest BCUT2D eigenvalue weighted by atomic mass is 9.93. The second kappa shape index (κ2) is 12.3. The van der Waals surface area contributed by atoms with E-state index in [1.807, 2.05) is 83.7 Å². The van der Waals surface area contributed by atoms with Crippen LogP contribution in [0.2, 0.25) is 0 Å². The Balaban J connectivity index is 0.000000283. The number of quaternary nitrogens is 1. The fourth-order valence-electron chi connectivity index (χ4n) is 4.77. The molecular weight excluding hydrogens is 478 g/mol. The summed E-state index contributed by atoms with van der Waals surface area (Å²) in [5.41, 5.74) is 3.89. The summed E-state index contributed by atoms with van der Waals surface area (Å²) >= 11 is 0. The molecule has 1 aromatic carbocycles. The van der Waals surface area contributed by atoms with E-state index < -0.39 is 0 Å². The summed E-state index contributed by atoms with van der Waals surface area (Å²) in [5.74, 6) is 1.91. The molecule has 2 aliphatic heterocycles. The van der Waals surface area contributed by atoms with Crippen molar-refractivity contribution < 1.29 is 14.0 Å². The first-order valence-electron chi connectivity index (χ1n) is 13.3. The van der Waals surface area contributed by atoms with Gasteiger partial charge in [-0.1, -0.05) is 18.2 Å². The molecule has 3 aromatic rings. The van der Waals surface area contributed by atoms with Gasteiger partial charge in [0, 0.05) is 38.0 Å². The Morgan fingerprint density at radius 1 is 1.21 bits per heavy atom. The number of hydrogen-bond acceptors (Lipinski definition) is 7. The quantitative estimate of drug-likeness (QED) is 0.474. The molecule has 0 radical (unpaired) electrons. The van der Waals surface area contributed by atoms with E-state index in [-0.39, 0.29) is 12.0 Å². The van der Waals surface area contributed by atoms with Crippen molar-refractivity contribution in [3.63, 3.8) is 0 Å². The Bertz CT molecular complexity index is 1250. The number of aryl methyl sites for hydroxylation is 1. The van der Waals surface area contributed by atoms with Gasteiger partial charge >= 0.3 is 5.91 Å². The van der Waals surface area contributed by atoms with Crippen LogP contribution >= 0.6 is 0 Å². The average Bonchev–Trinajstić information content (AvgIpc) is 3.34. The number of carbonyl (C=O) groups is 1. The molecule has 0 saturated carbocycles. The molecule has 0 aliphatic carbocycles. The molecule has 1 fully saturated rings. The van der Waals surface area contributed by atoms with E-state index in [0.29, 0.717) is 29.4 Å². The molecule has 0 bridgehead atoms. The number of fused-ring (bicyclic) bond motifs is 1. The minimum Gasteiger partial charge on any atom is -0.491 e. The molecule has 5 rings (SSSR count). The van der Waals surface area contributed by atoms with Crippen LogP contribution in [0, 0.1) is 5.92 Å². The third kappa shape index (κ3) is 6.85. The Hall–Kier alpha value is -3.56. The first kappa shape index (κ1) is 27.5. The smallest absolute Gasteiger partial charge is 0.321 e. The van der Waals surface area contributed by atoms with Crippen molar-refractivity contribution in [2.45, 2.75) is 52.8 Å². The second-order valence-electron chi connectivity index (χ2n) is 10.4. The monoisotopic (exact) mass is 518 g/mol. The molecule has 4 heterocycles. The van der Waals surface area contributed by atoms with Crippen LogP contribution in [0.1, 0.15) is 50.6 Å². The molecule has 9 heteroatoms. The zero-order valence-corrected chi connectivity index (χ0v) is 23.1. The number of piperidine rings is 1. The van der Waals surface area contributed by atoms with Crippen LogP contribution in [0.15, 0.2) is 54.5 Å². The van der Waals surface area contributed by atoms with Gasteiger partial charge in [0.1, 0.15) is 23.7 Å². The van der Waals surface area contributed by atoms with Crippen molar-refractivity contribution >= 4 is 17.9 Å². The van der Waals surface area contributed by atoms with Gasteiger partial charge in [0.15, 0.2) is 0 Å². The zero-order valence-electron chi connectivity index (χ0n) is 23.1. The van der Waals surface area contributed by atoms with E-state index in [4.69, 9.17) is 9.72 Å². The van der Waals surface area contributed by atoms with Crippen LogP contribution in [0.5, 0.6) is 5.75 Å². The number of allylic oxidation sites excluding steroid dienone is 1. The molecule has 0 spiro atoms. The molecular formula is C29H40N7O2+. The summed E-state index contributed by atoms with van der Waals surface area (Å²) in [7, 11) is 3.91. The van der Waals surface area contributed by atoms with E-state index >= 15 is 0 Å². The van der Waals surface area contributed by atoms with Crippen molar-refractivity contribution in [3.8, 4) is 5.75 Å². The van der Waals surface area contributed by atoms with E-state index in [1.54, 1.807) is 4.68 Å². The van der Waals surface area contributed by atoms with Gasteiger partial charge in [-0.2, -0.15) is 5.10 Å². The van der Waals surface area contributed by atoms with Gasteiger partial charge in [0.05, 0.1) is 31.3 Å². The number of benzene rings is 1. The predicted molar refractivity (Wildman–Crippen MR) is 149 cm³/mol. The van der Waals surface area contributed by atoms with Crippen LogP contribution < -0.4 is 15.4 Å². The number of ether oxygens (including phenoxy) is 1. The lowest BCUT2D eigenvalue weighted by Gasteiger charge is -2.38. The fraction of sp³-hybridized carbons (Fsp3) is 0.448. The third-order valence-corrected chi connectivity index (χ3v) is 7.00. The summed E-state index contributed by atoms with van der Waals surface area (Å²) < 4.78 is 7.49. The molecule has 2 aliphatic rings. The number of hydrogen-bond donors (Lipinski definition) is 2. The fourth-order valence-corrected chi connectivity index (χ4v) is 4.77. The lowest BCUT2D eigenvalue weighted by molar-refractivity contribution is -0.812. The largest absolute Gasteiger partial charge is 0.491 e. The summed E-state index contributed by atoms with van der Waals surface area (Å²) in [4.78, 5) is 22.5. The molecule has 38 heavy (non-hydrogen) atoms. The number of nitrogens with one attached hydrogen (secondary N) is 2. The number of amides is 1. The van der Waals surface area contributed by atoms with Gasteiger partial charge < -0.3 is 15.4 Å². The number of rotatable bonds is 6. The van der Waals surface area contributed by atoms with Gasteiger partial charge in [-0.05, 0) is 58.0 Å². The van der Waals surface area contributed by atoms with Crippen molar-refractivity contribution in [2.24, 2.45) is 13.0 Å². The van der Waals surface area contributed by atoms with Gasteiger partial charge in [-0.3, -0.25) is 4.68 Å². The summed E-state index contributed by atoms with van der Waals surface area (Å²) in [6.45, 7) is 9.05. The lowest BCUT2D eigenvalue weighted by Crippen LogP contribution is -2.53. The predicted octanol–water partition coefficient (Wildman–Crippen LogP) is 4.14. The SMILES string of the molecule is CC(C)Oc1ccccc1.CC1=Cc2cnc(NCc3ccn(C)n3)nc2C[N+]1(C)C(=O)C1CCNCC1. The van der Waals surface area contributed by atoms with E-state index in [0.717, 1.165) is 54.3 Å². The zero-order chi connectivity index (χ0) is 27.1. The van der Waals surface area contributed by atoms with E-state index in [2.05, 4.69) is 26.8 Å². The maximum Gasteiger partial charge on any atom is 0.321 e. The highest BCUT2D eigenvalue weighted by molar-refractivity contribution is 5.75. The normalized spacial score (nSPS) is 19.2. The molecule has 2 N–H and O–H groups in total. The number of nitrogens with zero attached hydrogens (tertiary/aromatic N) is 5.